The molecule has 1 fully saturated rings. The molecular weight excluding hydrogens is 560 g/mol. The zero-order valence-corrected chi connectivity index (χ0v) is 28.7. The van der Waals surface area contributed by atoms with Crippen molar-refractivity contribution in [1.29, 1.82) is 0 Å². The van der Waals surface area contributed by atoms with E-state index >= 15 is 0 Å². The summed E-state index contributed by atoms with van der Waals surface area (Å²) in [5.41, 5.74) is 18.1. The molecule has 0 amide bonds. The third-order valence-electron chi connectivity index (χ3n) is 10.2. The van der Waals surface area contributed by atoms with Gasteiger partial charge in [-0.2, -0.15) is 0 Å². The number of piperidine rings is 1. The standard InChI is InChI=1S/C42H48N4/c1-28-9-8-10-42(15-28)46(27-36-21-40(25-44-23-36)38-18-31(4)34(7)32(5)19-38)41-11-13-45(14-12-41)26-35-20-39(24-43-22-35)37-16-29(2)33(6)30(3)17-37/h8-10,15-25,41H,11-14,26-27H2,1-7H3. The average molecular weight is 609 g/mol. The van der Waals surface area contributed by atoms with Crippen molar-refractivity contribution in [2.45, 2.75) is 80.4 Å². The van der Waals surface area contributed by atoms with E-state index in [2.05, 4.69) is 124 Å². The Morgan fingerprint density at radius 2 is 1.13 bits per heavy atom. The summed E-state index contributed by atoms with van der Waals surface area (Å²) in [6, 6.07) is 23.3. The van der Waals surface area contributed by atoms with Gasteiger partial charge in [0.1, 0.15) is 0 Å². The van der Waals surface area contributed by atoms with E-state index in [-0.39, 0.29) is 0 Å². The maximum absolute atomic E-state index is 4.71. The predicted octanol–water partition coefficient (Wildman–Crippen LogP) is 9.64. The third-order valence-corrected chi connectivity index (χ3v) is 10.2. The van der Waals surface area contributed by atoms with Crippen molar-refractivity contribution in [3.8, 4) is 22.3 Å². The molecule has 3 aromatic carbocycles. The lowest BCUT2D eigenvalue weighted by Crippen LogP contribution is -2.44. The summed E-state index contributed by atoms with van der Waals surface area (Å²) < 4.78 is 0. The smallest absolute Gasteiger partial charge is 0.0448 e. The molecule has 0 bridgehead atoms. The fraction of sp³-hybridized carbons (Fsp3) is 0.333. The fourth-order valence-electron chi connectivity index (χ4n) is 6.95. The van der Waals surface area contributed by atoms with E-state index in [0.29, 0.717) is 6.04 Å². The summed E-state index contributed by atoms with van der Waals surface area (Å²) in [6.45, 7) is 19.3. The molecule has 236 valence electrons. The zero-order valence-electron chi connectivity index (χ0n) is 28.7. The molecule has 6 rings (SSSR count). The van der Waals surface area contributed by atoms with Gasteiger partial charge in [0.05, 0.1) is 0 Å². The largest absolute Gasteiger partial charge is 0.364 e. The van der Waals surface area contributed by atoms with E-state index in [9.17, 15) is 0 Å². The summed E-state index contributed by atoms with van der Waals surface area (Å²) in [4.78, 5) is 14.6. The molecule has 3 heterocycles. The van der Waals surface area contributed by atoms with Gasteiger partial charge in [0.2, 0.25) is 0 Å². The first-order valence-corrected chi connectivity index (χ1v) is 16.7. The molecule has 1 saturated heterocycles. The Kier molecular flexibility index (Phi) is 9.37. The second kappa shape index (κ2) is 13.6. The molecule has 1 aliphatic heterocycles. The van der Waals surface area contributed by atoms with Crippen molar-refractivity contribution in [2.24, 2.45) is 0 Å². The number of likely N-dealkylation sites (tertiary alicyclic amines) is 1. The van der Waals surface area contributed by atoms with Gasteiger partial charge >= 0.3 is 0 Å². The van der Waals surface area contributed by atoms with E-state index in [1.54, 1.807) is 0 Å². The van der Waals surface area contributed by atoms with E-state index in [1.165, 1.54) is 78.0 Å². The van der Waals surface area contributed by atoms with Crippen LogP contribution in [0.4, 0.5) is 5.69 Å². The van der Waals surface area contributed by atoms with Crippen LogP contribution in [0.15, 0.2) is 85.5 Å². The Hall–Kier alpha value is -4.28. The Morgan fingerprint density at radius 3 is 1.67 bits per heavy atom. The lowest BCUT2D eigenvalue weighted by molar-refractivity contribution is 0.200. The third kappa shape index (κ3) is 7.08. The highest BCUT2D eigenvalue weighted by molar-refractivity contribution is 5.67. The molecule has 0 atom stereocenters. The van der Waals surface area contributed by atoms with Gasteiger partial charge in [0.25, 0.3) is 0 Å². The fourth-order valence-corrected chi connectivity index (χ4v) is 6.95. The number of hydrogen-bond acceptors (Lipinski definition) is 4. The summed E-state index contributed by atoms with van der Waals surface area (Å²) >= 11 is 0. The van der Waals surface area contributed by atoms with Gasteiger partial charge in [-0.05, 0) is 147 Å². The first-order valence-electron chi connectivity index (χ1n) is 16.7. The number of anilines is 1. The van der Waals surface area contributed by atoms with Crippen LogP contribution in [0, 0.1) is 48.5 Å². The van der Waals surface area contributed by atoms with Crippen LogP contribution >= 0.6 is 0 Å². The van der Waals surface area contributed by atoms with Crippen LogP contribution in [0.25, 0.3) is 22.3 Å². The van der Waals surface area contributed by atoms with Crippen molar-refractivity contribution in [2.75, 3.05) is 18.0 Å². The van der Waals surface area contributed by atoms with Crippen molar-refractivity contribution < 1.29 is 0 Å². The molecule has 5 aromatic rings. The molecular formula is C42H48N4. The maximum atomic E-state index is 4.71. The molecule has 0 radical (unpaired) electrons. The lowest BCUT2D eigenvalue weighted by Gasteiger charge is -2.40. The molecule has 4 nitrogen and oxygen atoms in total. The summed E-state index contributed by atoms with van der Waals surface area (Å²) in [5.74, 6) is 0. The highest BCUT2D eigenvalue weighted by atomic mass is 15.2. The van der Waals surface area contributed by atoms with Crippen molar-refractivity contribution in [3.63, 3.8) is 0 Å². The van der Waals surface area contributed by atoms with Crippen LogP contribution < -0.4 is 4.90 Å². The van der Waals surface area contributed by atoms with Crippen LogP contribution in [0.1, 0.15) is 62.9 Å². The number of pyridine rings is 2. The molecule has 4 heteroatoms. The molecule has 0 unspecified atom stereocenters. The van der Waals surface area contributed by atoms with Crippen molar-refractivity contribution in [1.82, 2.24) is 14.9 Å². The van der Waals surface area contributed by atoms with Crippen LogP contribution in [0.5, 0.6) is 0 Å². The average Bonchev–Trinajstić information content (AvgIpc) is 3.05. The second-order valence-corrected chi connectivity index (χ2v) is 13.6. The van der Waals surface area contributed by atoms with Crippen LogP contribution in [0.2, 0.25) is 0 Å². The summed E-state index contributed by atoms with van der Waals surface area (Å²) in [6.07, 6.45) is 10.4. The van der Waals surface area contributed by atoms with E-state index in [1.807, 2.05) is 24.8 Å². The van der Waals surface area contributed by atoms with Gasteiger partial charge in [-0.15, -0.1) is 0 Å². The molecule has 0 aliphatic carbocycles. The number of nitrogens with zero attached hydrogens (tertiary/aromatic N) is 4. The zero-order chi connectivity index (χ0) is 32.4. The molecule has 0 saturated carbocycles. The van der Waals surface area contributed by atoms with Crippen LogP contribution in [-0.2, 0) is 13.1 Å². The molecule has 2 aromatic heterocycles. The quantitative estimate of drug-likeness (QED) is 0.176. The Bertz CT molecular complexity index is 1800. The number of aromatic nitrogens is 2. The Morgan fingerprint density at radius 1 is 0.609 bits per heavy atom. The first kappa shape index (κ1) is 31.7. The minimum atomic E-state index is 0.466. The number of benzene rings is 3. The SMILES string of the molecule is Cc1cccc(N(Cc2cncc(-c3cc(C)c(C)c(C)c3)c2)C2CCN(Cc3cncc(-c4cc(C)c(C)c(C)c4)c3)CC2)c1. The summed E-state index contributed by atoms with van der Waals surface area (Å²) in [7, 11) is 0. The second-order valence-electron chi connectivity index (χ2n) is 13.6. The van der Waals surface area contributed by atoms with Gasteiger partial charge in [0.15, 0.2) is 0 Å². The van der Waals surface area contributed by atoms with Crippen molar-refractivity contribution >= 4 is 5.69 Å². The number of hydrogen-bond donors (Lipinski definition) is 0. The number of rotatable bonds is 8. The highest BCUT2D eigenvalue weighted by Gasteiger charge is 2.26. The van der Waals surface area contributed by atoms with Gasteiger partial charge in [0, 0.05) is 73.8 Å². The Balaban J connectivity index is 1.18. The first-order chi connectivity index (χ1) is 22.1. The molecule has 0 spiro atoms. The van der Waals surface area contributed by atoms with Gasteiger partial charge < -0.3 is 4.90 Å². The molecule has 0 N–H and O–H groups in total. The number of aryl methyl sites for hydroxylation is 5. The monoisotopic (exact) mass is 608 g/mol. The van der Waals surface area contributed by atoms with Gasteiger partial charge in [-0.1, -0.05) is 36.4 Å². The minimum Gasteiger partial charge on any atom is -0.364 e. The predicted molar refractivity (Wildman–Crippen MR) is 193 cm³/mol. The van der Waals surface area contributed by atoms with Crippen LogP contribution in [-0.4, -0.2) is 34.0 Å². The van der Waals surface area contributed by atoms with E-state index in [0.717, 1.165) is 39.0 Å². The maximum Gasteiger partial charge on any atom is 0.0448 e. The molecule has 1 aliphatic rings. The van der Waals surface area contributed by atoms with Crippen molar-refractivity contribution in [3.05, 3.63) is 136 Å². The van der Waals surface area contributed by atoms with Gasteiger partial charge in [-0.25, -0.2) is 0 Å². The molecule has 46 heavy (non-hydrogen) atoms. The van der Waals surface area contributed by atoms with Crippen LogP contribution in [0.3, 0.4) is 0 Å². The van der Waals surface area contributed by atoms with E-state index < -0.39 is 0 Å². The van der Waals surface area contributed by atoms with E-state index in [4.69, 9.17) is 4.98 Å². The lowest BCUT2D eigenvalue weighted by atomic mass is 9.96. The Labute approximate surface area is 276 Å². The van der Waals surface area contributed by atoms with Gasteiger partial charge in [-0.3, -0.25) is 14.9 Å². The minimum absolute atomic E-state index is 0.466. The topological polar surface area (TPSA) is 32.3 Å². The highest BCUT2D eigenvalue weighted by Crippen LogP contribution is 2.30. The summed E-state index contributed by atoms with van der Waals surface area (Å²) in [5, 5.41) is 0. The normalized spacial score (nSPS) is 14.1.